The largest absolute Gasteiger partial charge is 0.422 e. The van der Waals surface area contributed by atoms with Crippen LogP contribution in [0.15, 0.2) is 29.3 Å². The summed E-state index contributed by atoms with van der Waals surface area (Å²) in [5.41, 5.74) is 2.46. The van der Waals surface area contributed by atoms with Crippen LogP contribution in [0, 0.1) is 20.8 Å². The van der Waals surface area contributed by atoms with Gasteiger partial charge in [-0.2, -0.15) is 0 Å². The quantitative estimate of drug-likeness (QED) is 0.535. The van der Waals surface area contributed by atoms with Crippen molar-refractivity contribution in [3.05, 3.63) is 56.4 Å². The second kappa shape index (κ2) is 5.62. The van der Waals surface area contributed by atoms with E-state index in [0.717, 1.165) is 11.1 Å². The third-order valence-corrected chi connectivity index (χ3v) is 4.91. The van der Waals surface area contributed by atoms with Gasteiger partial charge >= 0.3 is 5.97 Å². The molecule has 0 saturated heterocycles. The number of rotatable bonds is 2. The molecule has 0 spiro atoms. The SMILES string of the molecule is Cc1ccc(OC(=O)c2sc3ncn(C)c(=O)c3c2C)c(C)c1. The summed E-state index contributed by atoms with van der Waals surface area (Å²) in [6.07, 6.45) is 1.46. The molecule has 2 aromatic heterocycles. The van der Waals surface area contributed by atoms with E-state index in [9.17, 15) is 9.59 Å². The molecule has 6 heteroatoms. The summed E-state index contributed by atoms with van der Waals surface area (Å²) >= 11 is 1.18. The van der Waals surface area contributed by atoms with Gasteiger partial charge in [-0.3, -0.25) is 4.79 Å². The van der Waals surface area contributed by atoms with Crippen LogP contribution in [0.3, 0.4) is 0 Å². The van der Waals surface area contributed by atoms with Gasteiger partial charge in [-0.25, -0.2) is 9.78 Å². The second-order valence-electron chi connectivity index (χ2n) is 5.56. The Hall–Kier alpha value is -2.47. The Morgan fingerprint density at radius 3 is 2.70 bits per heavy atom. The Bertz CT molecular complexity index is 985. The van der Waals surface area contributed by atoms with Gasteiger partial charge in [0.05, 0.1) is 11.7 Å². The molecule has 0 amide bonds. The van der Waals surface area contributed by atoms with Crippen LogP contribution in [0.1, 0.15) is 26.4 Å². The number of hydrogen-bond donors (Lipinski definition) is 0. The molecule has 3 rings (SSSR count). The van der Waals surface area contributed by atoms with Gasteiger partial charge in [0.15, 0.2) is 0 Å². The standard InChI is InChI=1S/C17H16N2O3S/c1-9-5-6-12(10(2)7-9)22-17(21)14-11(3)13-15(23-14)18-8-19(4)16(13)20/h5-8H,1-4H3. The topological polar surface area (TPSA) is 61.2 Å². The van der Waals surface area contributed by atoms with Gasteiger partial charge in [0.2, 0.25) is 0 Å². The Labute approximate surface area is 137 Å². The number of nitrogens with zero attached hydrogens (tertiary/aromatic N) is 2. The third-order valence-electron chi connectivity index (χ3n) is 3.73. The van der Waals surface area contributed by atoms with Crippen molar-refractivity contribution in [2.75, 3.05) is 0 Å². The van der Waals surface area contributed by atoms with E-state index in [1.165, 1.54) is 22.2 Å². The molecule has 23 heavy (non-hydrogen) atoms. The first kappa shape index (κ1) is 15.4. The number of carbonyl (C=O) groups is 1. The van der Waals surface area contributed by atoms with Crippen LogP contribution in [0.25, 0.3) is 10.2 Å². The number of thiophene rings is 1. The predicted octanol–water partition coefficient (Wildman–Crippen LogP) is 3.14. The number of hydrogen-bond acceptors (Lipinski definition) is 5. The van der Waals surface area contributed by atoms with Gasteiger partial charge in [-0.05, 0) is 38.0 Å². The number of aryl methyl sites for hydroxylation is 4. The lowest BCUT2D eigenvalue weighted by Gasteiger charge is -2.07. The Balaban J connectivity index is 2.03. The maximum absolute atomic E-state index is 12.5. The van der Waals surface area contributed by atoms with E-state index < -0.39 is 5.97 Å². The number of carbonyl (C=O) groups excluding carboxylic acids is 1. The van der Waals surface area contributed by atoms with E-state index in [1.807, 2.05) is 26.0 Å². The Kier molecular flexibility index (Phi) is 3.77. The van der Waals surface area contributed by atoms with Crippen LogP contribution in [0.2, 0.25) is 0 Å². The van der Waals surface area contributed by atoms with Crippen LogP contribution in [-0.2, 0) is 7.05 Å². The molecular weight excluding hydrogens is 312 g/mol. The summed E-state index contributed by atoms with van der Waals surface area (Å²) in [5, 5.41) is 0.479. The second-order valence-corrected chi connectivity index (χ2v) is 6.55. The van der Waals surface area contributed by atoms with Crippen molar-refractivity contribution in [3.8, 4) is 5.75 Å². The average Bonchev–Trinajstić information content (AvgIpc) is 2.84. The van der Waals surface area contributed by atoms with Crippen molar-refractivity contribution in [2.24, 2.45) is 7.05 Å². The minimum Gasteiger partial charge on any atom is -0.422 e. The first-order chi connectivity index (χ1) is 10.9. The van der Waals surface area contributed by atoms with Gasteiger partial charge in [-0.1, -0.05) is 17.7 Å². The van der Waals surface area contributed by atoms with E-state index in [2.05, 4.69) is 4.98 Å². The number of fused-ring (bicyclic) bond motifs is 1. The minimum absolute atomic E-state index is 0.158. The monoisotopic (exact) mass is 328 g/mol. The first-order valence-electron chi connectivity index (χ1n) is 7.12. The highest BCUT2D eigenvalue weighted by molar-refractivity contribution is 7.20. The number of ether oxygens (including phenoxy) is 1. The zero-order valence-corrected chi connectivity index (χ0v) is 14.2. The zero-order chi connectivity index (χ0) is 16.7. The summed E-state index contributed by atoms with van der Waals surface area (Å²) in [7, 11) is 1.64. The smallest absolute Gasteiger partial charge is 0.354 e. The van der Waals surface area contributed by atoms with Crippen molar-refractivity contribution in [2.45, 2.75) is 20.8 Å². The lowest BCUT2D eigenvalue weighted by Crippen LogP contribution is -2.17. The number of benzene rings is 1. The van der Waals surface area contributed by atoms with Crippen molar-refractivity contribution in [3.63, 3.8) is 0 Å². The van der Waals surface area contributed by atoms with Gasteiger partial charge in [0.25, 0.3) is 5.56 Å². The molecule has 3 aromatic rings. The molecule has 0 aliphatic carbocycles. The fourth-order valence-corrected chi connectivity index (χ4v) is 3.48. The van der Waals surface area contributed by atoms with Crippen molar-refractivity contribution in [1.82, 2.24) is 9.55 Å². The summed E-state index contributed by atoms with van der Waals surface area (Å²) in [4.78, 5) is 29.9. The maximum Gasteiger partial charge on any atom is 0.354 e. The fourth-order valence-electron chi connectivity index (χ4n) is 2.46. The Morgan fingerprint density at radius 1 is 1.26 bits per heavy atom. The molecule has 1 aromatic carbocycles. The average molecular weight is 328 g/mol. The van der Waals surface area contributed by atoms with Gasteiger partial charge in [-0.15, -0.1) is 11.3 Å². The van der Waals surface area contributed by atoms with Crippen LogP contribution < -0.4 is 10.3 Å². The van der Waals surface area contributed by atoms with Crippen LogP contribution in [-0.4, -0.2) is 15.5 Å². The van der Waals surface area contributed by atoms with Crippen molar-refractivity contribution in [1.29, 1.82) is 0 Å². The van der Waals surface area contributed by atoms with Crippen LogP contribution in [0.4, 0.5) is 0 Å². The normalized spacial score (nSPS) is 11.0. The summed E-state index contributed by atoms with van der Waals surface area (Å²) in [6.45, 7) is 5.63. The molecular formula is C17H16N2O3S. The van der Waals surface area contributed by atoms with Crippen molar-refractivity contribution < 1.29 is 9.53 Å². The van der Waals surface area contributed by atoms with E-state index in [0.29, 0.717) is 26.4 Å². The van der Waals surface area contributed by atoms with E-state index in [-0.39, 0.29) is 5.56 Å². The molecule has 0 bridgehead atoms. The first-order valence-corrected chi connectivity index (χ1v) is 7.94. The van der Waals surface area contributed by atoms with Crippen LogP contribution >= 0.6 is 11.3 Å². The van der Waals surface area contributed by atoms with E-state index >= 15 is 0 Å². The van der Waals surface area contributed by atoms with Gasteiger partial charge < -0.3 is 9.30 Å². The lowest BCUT2D eigenvalue weighted by atomic mass is 10.1. The lowest BCUT2D eigenvalue weighted by molar-refractivity contribution is 0.0738. The highest BCUT2D eigenvalue weighted by Gasteiger charge is 2.21. The molecule has 0 N–H and O–H groups in total. The zero-order valence-electron chi connectivity index (χ0n) is 13.3. The maximum atomic E-state index is 12.5. The Morgan fingerprint density at radius 2 is 2.00 bits per heavy atom. The molecule has 0 aliphatic heterocycles. The summed E-state index contributed by atoms with van der Waals surface area (Å²) in [5.74, 6) is 0.0674. The molecule has 118 valence electrons. The van der Waals surface area contributed by atoms with E-state index in [1.54, 1.807) is 20.0 Å². The summed E-state index contributed by atoms with van der Waals surface area (Å²) in [6, 6.07) is 5.63. The predicted molar refractivity (Wildman–Crippen MR) is 90.5 cm³/mol. The molecule has 0 atom stereocenters. The van der Waals surface area contributed by atoms with Crippen molar-refractivity contribution >= 4 is 27.5 Å². The minimum atomic E-state index is -0.459. The van der Waals surface area contributed by atoms with Gasteiger partial charge in [0, 0.05) is 7.05 Å². The highest BCUT2D eigenvalue weighted by Crippen LogP contribution is 2.28. The summed E-state index contributed by atoms with van der Waals surface area (Å²) < 4.78 is 6.91. The molecule has 2 heterocycles. The molecule has 0 saturated carbocycles. The molecule has 0 aliphatic rings. The fraction of sp³-hybridized carbons (Fsp3) is 0.235. The molecule has 0 fully saturated rings. The molecule has 5 nitrogen and oxygen atoms in total. The van der Waals surface area contributed by atoms with Gasteiger partial charge in [0.1, 0.15) is 15.5 Å². The third kappa shape index (κ3) is 2.66. The number of aromatic nitrogens is 2. The van der Waals surface area contributed by atoms with Crippen LogP contribution in [0.5, 0.6) is 5.75 Å². The highest BCUT2D eigenvalue weighted by atomic mass is 32.1. The molecule has 0 radical (unpaired) electrons. The van der Waals surface area contributed by atoms with E-state index in [4.69, 9.17) is 4.74 Å². The molecule has 0 unspecified atom stereocenters. The number of esters is 1.